The van der Waals surface area contributed by atoms with Crippen LogP contribution in [0.2, 0.25) is 0 Å². The molecule has 3 rings (SSSR count). The van der Waals surface area contributed by atoms with Gasteiger partial charge in [0.05, 0.1) is 11.7 Å². The number of aromatic nitrogens is 1. The normalized spacial score (nSPS) is 20.5. The average Bonchev–Trinajstić information content (AvgIpc) is 2.73. The summed E-state index contributed by atoms with van der Waals surface area (Å²) in [5, 5.41) is 3.34. The summed E-state index contributed by atoms with van der Waals surface area (Å²) < 4.78 is 5.93. The molecule has 1 saturated heterocycles. The number of amides is 1. The molecule has 0 aliphatic carbocycles. The standard InChI is InChI=1S/C18H27N3O2/c1-2-3-4-5-6-7-15-17-16(8-9-20-15)23-13-14-12-19-10-11-21(14)18(17)22/h8-9,14,19H,2-7,10-13H2,1H3. The van der Waals surface area contributed by atoms with Crippen LogP contribution in [-0.4, -0.2) is 48.1 Å². The average molecular weight is 317 g/mol. The lowest BCUT2D eigenvalue weighted by molar-refractivity contribution is 0.0605. The Kier molecular flexibility index (Phi) is 5.49. The van der Waals surface area contributed by atoms with E-state index in [0.29, 0.717) is 17.9 Å². The lowest BCUT2D eigenvalue weighted by Gasteiger charge is -2.34. The molecule has 23 heavy (non-hydrogen) atoms. The number of nitrogens with zero attached hydrogens (tertiary/aromatic N) is 2. The number of ether oxygens (including phenoxy) is 1. The molecule has 0 saturated carbocycles. The molecule has 1 aromatic rings. The lowest BCUT2D eigenvalue weighted by Crippen LogP contribution is -2.54. The van der Waals surface area contributed by atoms with Crippen molar-refractivity contribution in [1.29, 1.82) is 0 Å². The van der Waals surface area contributed by atoms with Crippen LogP contribution in [0.15, 0.2) is 12.3 Å². The molecule has 0 bridgehead atoms. The van der Waals surface area contributed by atoms with Gasteiger partial charge in [0.25, 0.3) is 5.91 Å². The van der Waals surface area contributed by atoms with Gasteiger partial charge in [0.2, 0.25) is 0 Å². The van der Waals surface area contributed by atoms with Gasteiger partial charge in [-0.3, -0.25) is 9.78 Å². The first-order chi connectivity index (χ1) is 11.3. The summed E-state index contributed by atoms with van der Waals surface area (Å²) in [7, 11) is 0. The molecule has 3 heterocycles. The Morgan fingerprint density at radius 2 is 2.22 bits per heavy atom. The molecule has 2 aliphatic heterocycles. The van der Waals surface area contributed by atoms with E-state index < -0.39 is 0 Å². The maximum Gasteiger partial charge on any atom is 0.259 e. The zero-order valence-electron chi connectivity index (χ0n) is 14.0. The largest absolute Gasteiger partial charge is 0.490 e. The second-order valence-corrected chi connectivity index (χ2v) is 6.46. The Hall–Kier alpha value is -1.62. The Morgan fingerprint density at radius 3 is 3.09 bits per heavy atom. The van der Waals surface area contributed by atoms with Crippen LogP contribution < -0.4 is 10.1 Å². The molecule has 126 valence electrons. The van der Waals surface area contributed by atoms with E-state index >= 15 is 0 Å². The Morgan fingerprint density at radius 1 is 1.35 bits per heavy atom. The molecule has 1 aromatic heterocycles. The van der Waals surface area contributed by atoms with E-state index in [4.69, 9.17) is 4.74 Å². The van der Waals surface area contributed by atoms with Gasteiger partial charge in [0.1, 0.15) is 17.9 Å². The van der Waals surface area contributed by atoms with E-state index in [9.17, 15) is 4.79 Å². The fourth-order valence-corrected chi connectivity index (χ4v) is 3.43. The number of carbonyl (C=O) groups excluding carboxylic acids is 1. The van der Waals surface area contributed by atoms with Gasteiger partial charge in [-0.2, -0.15) is 0 Å². The van der Waals surface area contributed by atoms with Crippen LogP contribution in [0.4, 0.5) is 0 Å². The summed E-state index contributed by atoms with van der Waals surface area (Å²) in [5.74, 6) is 0.809. The number of hydrogen-bond acceptors (Lipinski definition) is 4. The van der Waals surface area contributed by atoms with E-state index in [1.807, 2.05) is 11.0 Å². The third-order valence-electron chi connectivity index (χ3n) is 4.76. The minimum atomic E-state index is 0.0978. The molecule has 1 amide bonds. The van der Waals surface area contributed by atoms with Crippen LogP contribution in [0.25, 0.3) is 0 Å². The highest BCUT2D eigenvalue weighted by atomic mass is 16.5. The van der Waals surface area contributed by atoms with Gasteiger partial charge in [-0.1, -0.05) is 32.6 Å². The third kappa shape index (κ3) is 3.66. The van der Waals surface area contributed by atoms with Crippen LogP contribution in [0.1, 0.15) is 55.1 Å². The Labute approximate surface area is 138 Å². The second-order valence-electron chi connectivity index (χ2n) is 6.46. The van der Waals surface area contributed by atoms with E-state index in [-0.39, 0.29) is 11.9 Å². The molecule has 1 atom stereocenters. The van der Waals surface area contributed by atoms with Crippen molar-refractivity contribution in [2.24, 2.45) is 0 Å². The lowest BCUT2D eigenvalue weighted by atomic mass is 10.0. The second kappa shape index (κ2) is 7.77. The first-order valence-electron chi connectivity index (χ1n) is 8.93. The maximum atomic E-state index is 13.0. The zero-order valence-corrected chi connectivity index (χ0v) is 14.0. The number of unbranched alkanes of at least 4 members (excludes halogenated alkanes) is 4. The number of aryl methyl sites for hydroxylation is 1. The number of hydrogen-bond donors (Lipinski definition) is 1. The van der Waals surface area contributed by atoms with Crippen molar-refractivity contribution >= 4 is 5.91 Å². The molecule has 1 unspecified atom stereocenters. The van der Waals surface area contributed by atoms with Gasteiger partial charge in [-0.05, 0) is 18.9 Å². The Bertz CT molecular complexity index is 547. The van der Waals surface area contributed by atoms with Crippen LogP contribution >= 0.6 is 0 Å². The van der Waals surface area contributed by atoms with E-state index in [2.05, 4.69) is 17.2 Å². The monoisotopic (exact) mass is 317 g/mol. The highest BCUT2D eigenvalue weighted by Crippen LogP contribution is 2.28. The number of rotatable bonds is 6. The Balaban J connectivity index is 1.75. The first kappa shape index (κ1) is 16.2. The number of nitrogens with one attached hydrogen (secondary N) is 1. The number of fused-ring (bicyclic) bond motifs is 2. The molecule has 5 nitrogen and oxygen atoms in total. The molecule has 2 aliphatic rings. The van der Waals surface area contributed by atoms with Crippen molar-refractivity contribution in [2.75, 3.05) is 26.2 Å². The van der Waals surface area contributed by atoms with Crippen molar-refractivity contribution in [3.05, 3.63) is 23.5 Å². The number of carbonyl (C=O) groups is 1. The van der Waals surface area contributed by atoms with Gasteiger partial charge in [-0.25, -0.2) is 0 Å². The highest BCUT2D eigenvalue weighted by Gasteiger charge is 2.34. The van der Waals surface area contributed by atoms with E-state index in [1.54, 1.807) is 6.20 Å². The highest BCUT2D eigenvalue weighted by molar-refractivity contribution is 5.98. The van der Waals surface area contributed by atoms with Gasteiger partial charge < -0.3 is 15.0 Å². The molecule has 5 heteroatoms. The van der Waals surface area contributed by atoms with Crippen molar-refractivity contribution in [2.45, 2.75) is 51.5 Å². The maximum absolute atomic E-state index is 13.0. The SMILES string of the molecule is CCCCCCCc1nccc2c1C(=O)N1CCNCC1CO2. The predicted octanol–water partition coefficient (Wildman–Crippen LogP) is 2.40. The minimum Gasteiger partial charge on any atom is -0.490 e. The topological polar surface area (TPSA) is 54.5 Å². The van der Waals surface area contributed by atoms with Crippen LogP contribution in [0, 0.1) is 0 Å². The van der Waals surface area contributed by atoms with Gasteiger partial charge in [0.15, 0.2) is 0 Å². The van der Waals surface area contributed by atoms with Crippen molar-refractivity contribution in [3.63, 3.8) is 0 Å². The molecular formula is C18H27N3O2. The number of pyridine rings is 1. The first-order valence-corrected chi connectivity index (χ1v) is 8.93. The zero-order chi connectivity index (χ0) is 16.1. The van der Waals surface area contributed by atoms with Crippen LogP contribution in [0.5, 0.6) is 5.75 Å². The summed E-state index contributed by atoms with van der Waals surface area (Å²) in [6, 6.07) is 1.96. The predicted molar refractivity (Wildman–Crippen MR) is 89.9 cm³/mol. The number of piperazine rings is 1. The van der Waals surface area contributed by atoms with Crippen LogP contribution in [0.3, 0.4) is 0 Å². The van der Waals surface area contributed by atoms with Crippen molar-refractivity contribution in [1.82, 2.24) is 15.2 Å². The summed E-state index contributed by atoms with van der Waals surface area (Å²) in [6.07, 6.45) is 8.71. The smallest absolute Gasteiger partial charge is 0.259 e. The molecule has 1 fully saturated rings. The summed E-state index contributed by atoms with van der Waals surface area (Å²) in [6.45, 7) is 5.19. The van der Waals surface area contributed by atoms with Crippen molar-refractivity contribution < 1.29 is 9.53 Å². The van der Waals surface area contributed by atoms with Gasteiger partial charge >= 0.3 is 0 Å². The van der Waals surface area contributed by atoms with Crippen LogP contribution in [-0.2, 0) is 6.42 Å². The quantitative estimate of drug-likeness (QED) is 0.819. The summed E-state index contributed by atoms with van der Waals surface area (Å²) in [4.78, 5) is 19.5. The minimum absolute atomic E-state index is 0.0978. The molecule has 1 N–H and O–H groups in total. The summed E-state index contributed by atoms with van der Waals surface area (Å²) in [5.41, 5.74) is 1.61. The molecule has 0 spiro atoms. The summed E-state index contributed by atoms with van der Waals surface area (Å²) >= 11 is 0. The van der Waals surface area contributed by atoms with Gasteiger partial charge in [0, 0.05) is 25.8 Å². The molecule has 0 aromatic carbocycles. The van der Waals surface area contributed by atoms with E-state index in [0.717, 1.165) is 38.2 Å². The third-order valence-corrected chi connectivity index (χ3v) is 4.76. The molecule has 0 radical (unpaired) electrons. The van der Waals surface area contributed by atoms with E-state index in [1.165, 1.54) is 25.7 Å². The van der Waals surface area contributed by atoms with Crippen molar-refractivity contribution in [3.8, 4) is 5.75 Å². The fraction of sp³-hybridized carbons (Fsp3) is 0.667. The molecular weight excluding hydrogens is 290 g/mol. The van der Waals surface area contributed by atoms with Gasteiger partial charge in [-0.15, -0.1) is 0 Å². The fourth-order valence-electron chi connectivity index (χ4n) is 3.43.